The summed E-state index contributed by atoms with van der Waals surface area (Å²) in [7, 11) is 1.52. The van der Waals surface area contributed by atoms with Gasteiger partial charge in [0.25, 0.3) is 0 Å². The van der Waals surface area contributed by atoms with Crippen molar-refractivity contribution in [2.45, 2.75) is 38.0 Å². The highest BCUT2D eigenvalue weighted by atomic mass is 16.5. The van der Waals surface area contributed by atoms with Crippen LogP contribution in [0.1, 0.15) is 20.3 Å². The molecule has 0 aliphatic carbocycles. The highest BCUT2D eigenvalue weighted by molar-refractivity contribution is 5.83. The van der Waals surface area contributed by atoms with Gasteiger partial charge in [-0.1, -0.05) is 0 Å². The Bertz CT molecular complexity index is 331. The van der Waals surface area contributed by atoms with Gasteiger partial charge in [-0.25, -0.2) is 9.59 Å². The molecule has 1 aliphatic heterocycles. The fraction of sp³-hybridized carbons (Fsp3) is 0.818. The Morgan fingerprint density at radius 2 is 2.11 bits per heavy atom. The molecule has 0 saturated carbocycles. The van der Waals surface area contributed by atoms with Crippen molar-refractivity contribution in [3.8, 4) is 0 Å². The summed E-state index contributed by atoms with van der Waals surface area (Å²) in [5, 5.41) is 21.1. The van der Waals surface area contributed by atoms with E-state index in [1.165, 1.54) is 7.11 Å². The molecule has 18 heavy (non-hydrogen) atoms. The van der Waals surface area contributed by atoms with Crippen LogP contribution in [0.4, 0.5) is 4.79 Å². The molecule has 7 heteroatoms. The molecular weight excluding hydrogens is 240 g/mol. The number of methoxy groups -OCH3 is 1. The van der Waals surface area contributed by atoms with Gasteiger partial charge in [0.1, 0.15) is 6.04 Å². The molecule has 104 valence electrons. The Morgan fingerprint density at radius 3 is 2.61 bits per heavy atom. The Kier molecular flexibility index (Phi) is 4.53. The highest BCUT2D eigenvalue weighted by Gasteiger charge is 2.40. The molecule has 0 unspecified atom stereocenters. The van der Waals surface area contributed by atoms with E-state index in [1.807, 2.05) is 0 Å². The van der Waals surface area contributed by atoms with E-state index in [2.05, 4.69) is 5.32 Å². The minimum absolute atomic E-state index is 0.0336. The van der Waals surface area contributed by atoms with Crippen LogP contribution in [0.5, 0.6) is 0 Å². The number of ether oxygens (including phenoxy) is 1. The number of amides is 2. The first-order valence-electron chi connectivity index (χ1n) is 5.75. The number of aliphatic hydroxyl groups excluding tert-OH is 1. The second kappa shape index (κ2) is 5.53. The molecule has 2 atom stereocenters. The second-order valence-electron chi connectivity index (χ2n) is 5.14. The number of urea groups is 1. The molecule has 0 radical (unpaired) electrons. The zero-order valence-corrected chi connectivity index (χ0v) is 10.8. The number of hydrogen-bond acceptors (Lipinski definition) is 4. The first kappa shape index (κ1) is 14.7. The summed E-state index contributed by atoms with van der Waals surface area (Å²) in [5.74, 6) is -1.11. The molecule has 1 heterocycles. The number of carbonyl (C=O) groups is 2. The predicted octanol–water partition coefficient (Wildman–Crippen LogP) is -0.359. The fourth-order valence-corrected chi connectivity index (χ4v) is 2.03. The molecule has 0 aromatic rings. The van der Waals surface area contributed by atoms with Gasteiger partial charge >= 0.3 is 12.0 Å². The quantitative estimate of drug-likeness (QED) is 0.641. The molecule has 1 rings (SSSR count). The largest absolute Gasteiger partial charge is 0.480 e. The van der Waals surface area contributed by atoms with Crippen LogP contribution >= 0.6 is 0 Å². The maximum absolute atomic E-state index is 12.0. The normalized spacial score (nSPS) is 24.1. The molecule has 1 aliphatic rings. The van der Waals surface area contributed by atoms with E-state index in [-0.39, 0.29) is 13.0 Å². The van der Waals surface area contributed by atoms with Crippen molar-refractivity contribution in [1.29, 1.82) is 0 Å². The Labute approximate surface area is 106 Å². The molecule has 1 saturated heterocycles. The summed E-state index contributed by atoms with van der Waals surface area (Å²) in [6, 6.07) is -1.47. The van der Waals surface area contributed by atoms with E-state index in [4.69, 9.17) is 9.84 Å². The van der Waals surface area contributed by atoms with Crippen molar-refractivity contribution in [2.24, 2.45) is 0 Å². The van der Waals surface area contributed by atoms with Crippen LogP contribution in [0.15, 0.2) is 0 Å². The SMILES string of the molecule is COCC(C)(C)NC(=O)N1C[C@@H](O)C[C@H]1C(=O)O. The first-order chi connectivity index (χ1) is 8.26. The molecule has 0 aromatic carbocycles. The number of carboxylic acids is 1. The molecule has 7 nitrogen and oxygen atoms in total. The van der Waals surface area contributed by atoms with Crippen molar-refractivity contribution in [3.63, 3.8) is 0 Å². The molecule has 1 fully saturated rings. The van der Waals surface area contributed by atoms with Gasteiger partial charge < -0.3 is 25.2 Å². The van der Waals surface area contributed by atoms with Crippen LogP contribution in [0.2, 0.25) is 0 Å². The number of carbonyl (C=O) groups excluding carboxylic acids is 1. The van der Waals surface area contributed by atoms with Gasteiger partial charge in [0.05, 0.1) is 18.2 Å². The lowest BCUT2D eigenvalue weighted by molar-refractivity contribution is -0.141. The Morgan fingerprint density at radius 1 is 1.50 bits per heavy atom. The summed E-state index contributed by atoms with van der Waals surface area (Å²) < 4.78 is 4.97. The lowest BCUT2D eigenvalue weighted by Crippen LogP contribution is -2.54. The molecule has 0 aromatic heterocycles. The lowest BCUT2D eigenvalue weighted by atomic mass is 10.1. The standard InChI is InChI=1S/C11H20N2O5/c1-11(2,6-18-3)12-10(17)13-5-7(14)4-8(13)9(15)16/h7-8,14H,4-6H2,1-3H3,(H,12,17)(H,15,16)/t7-,8-/m0/s1. The van der Waals surface area contributed by atoms with E-state index in [1.54, 1.807) is 13.8 Å². The summed E-state index contributed by atoms with van der Waals surface area (Å²) in [6.07, 6.45) is -0.727. The number of β-amino-alcohol motifs (C(OH)–C–C–N with tert-alkyl or cyclic N) is 1. The maximum Gasteiger partial charge on any atom is 0.326 e. The van der Waals surface area contributed by atoms with Gasteiger partial charge in [0.2, 0.25) is 0 Å². The molecule has 2 amide bonds. The number of hydrogen-bond donors (Lipinski definition) is 3. The van der Waals surface area contributed by atoms with Crippen LogP contribution < -0.4 is 5.32 Å². The average molecular weight is 260 g/mol. The summed E-state index contributed by atoms with van der Waals surface area (Å²) >= 11 is 0. The van der Waals surface area contributed by atoms with E-state index >= 15 is 0 Å². The monoisotopic (exact) mass is 260 g/mol. The van der Waals surface area contributed by atoms with Crippen molar-refractivity contribution in [2.75, 3.05) is 20.3 Å². The third kappa shape index (κ3) is 3.58. The van der Waals surface area contributed by atoms with E-state index < -0.39 is 29.7 Å². The third-order valence-electron chi connectivity index (χ3n) is 2.78. The van der Waals surface area contributed by atoms with Crippen LogP contribution in [0.3, 0.4) is 0 Å². The number of likely N-dealkylation sites (tertiary alicyclic amines) is 1. The average Bonchev–Trinajstić information content (AvgIpc) is 2.59. The number of nitrogens with one attached hydrogen (secondary N) is 1. The van der Waals surface area contributed by atoms with Crippen LogP contribution in [0.25, 0.3) is 0 Å². The topological polar surface area (TPSA) is 99.1 Å². The summed E-state index contributed by atoms with van der Waals surface area (Å²) in [6.45, 7) is 3.89. The molecule has 3 N–H and O–H groups in total. The van der Waals surface area contributed by atoms with E-state index in [0.717, 1.165) is 4.90 Å². The zero-order valence-electron chi connectivity index (χ0n) is 10.8. The van der Waals surface area contributed by atoms with Crippen molar-refractivity contribution in [1.82, 2.24) is 10.2 Å². The van der Waals surface area contributed by atoms with Crippen LogP contribution in [-0.2, 0) is 9.53 Å². The smallest absolute Gasteiger partial charge is 0.326 e. The third-order valence-corrected chi connectivity index (χ3v) is 2.78. The summed E-state index contributed by atoms with van der Waals surface area (Å²) in [4.78, 5) is 24.1. The number of nitrogens with zero attached hydrogens (tertiary/aromatic N) is 1. The van der Waals surface area contributed by atoms with Gasteiger partial charge in [0, 0.05) is 20.1 Å². The van der Waals surface area contributed by atoms with Crippen LogP contribution in [-0.4, -0.2) is 65.1 Å². The minimum Gasteiger partial charge on any atom is -0.480 e. The van der Waals surface area contributed by atoms with Gasteiger partial charge in [-0.15, -0.1) is 0 Å². The highest BCUT2D eigenvalue weighted by Crippen LogP contribution is 2.19. The minimum atomic E-state index is -1.11. The lowest BCUT2D eigenvalue weighted by Gasteiger charge is -2.30. The molecule has 0 spiro atoms. The fourth-order valence-electron chi connectivity index (χ4n) is 2.03. The van der Waals surface area contributed by atoms with Crippen molar-refractivity contribution >= 4 is 12.0 Å². The van der Waals surface area contributed by atoms with Crippen molar-refractivity contribution < 1.29 is 24.5 Å². The van der Waals surface area contributed by atoms with Gasteiger partial charge in [0.15, 0.2) is 0 Å². The molecular formula is C11H20N2O5. The maximum atomic E-state index is 12.0. The number of aliphatic hydroxyl groups is 1. The summed E-state index contributed by atoms with van der Waals surface area (Å²) in [5.41, 5.74) is -0.595. The Balaban J connectivity index is 2.68. The molecule has 0 bridgehead atoms. The number of aliphatic carboxylic acids is 1. The van der Waals surface area contributed by atoms with E-state index in [9.17, 15) is 14.7 Å². The number of rotatable bonds is 4. The van der Waals surface area contributed by atoms with Crippen molar-refractivity contribution in [3.05, 3.63) is 0 Å². The van der Waals surface area contributed by atoms with Gasteiger partial charge in [-0.05, 0) is 13.8 Å². The Hall–Kier alpha value is -1.34. The zero-order chi connectivity index (χ0) is 13.9. The number of carboxylic acid groups (broad SMARTS) is 1. The van der Waals surface area contributed by atoms with Gasteiger partial charge in [-0.3, -0.25) is 0 Å². The predicted molar refractivity (Wildman–Crippen MR) is 63.2 cm³/mol. The second-order valence-corrected chi connectivity index (χ2v) is 5.14. The van der Waals surface area contributed by atoms with E-state index in [0.29, 0.717) is 6.61 Å². The van der Waals surface area contributed by atoms with Gasteiger partial charge in [-0.2, -0.15) is 0 Å². The first-order valence-corrected chi connectivity index (χ1v) is 5.75. The van der Waals surface area contributed by atoms with Crippen LogP contribution in [0, 0.1) is 0 Å².